The molecule has 0 aromatic heterocycles. The first-order valence-corrected chi connectivity index (χ1v) is 9.41. The molecule has 0 heterocycles. The average molecular weight is 287 g/mol. The molecule has 0 aliphatic heterocycles. The molecular formula is C21H34. The molecule has 0 nitrogen and oxygen atoms in total. The molecule has 0 spiro atoms. The minimum atomic E-state index is 0.782. The molecule has 1 aliphatic rings. The molecule has 118 valence electrons. The molecule has 0 bridgehead atoms. The van der Waals surface area contributed by atoms with Crippen LogP contribution in [0.4, 0.5) is 0 Å². The Morgan fingerprint density at radius 2 is 1.38 bits per heavy atom. The Bertz CT molecular complexity index is 393. The van der Waals surface area contributed by atoms with Crippen molar-refractivity contribution in [2.24, 2.45) is 0 Å². The third kappa shape index (κ3) is 5.16. The first-order chi connectivity index (χ1) is 10.3. The fraction of sp³-hybridized carbons (Fsp3) is 0.714. The zero-order valence-electron chi connectivity index (χ0n) is 14.2. The van der Waals surface area contributed by atoms with E-state index >= 15 is 0 Å². The van der Waals surface area contributed by atoms with Crippen molar-refractivity contribution in [1.29, 1.82) is 0 Å². The van der Waals surface area contributed by atoms with Crippen LogP contribution < -0.4 is 0 Å². The van der Waals surface area contributed by atoms with Gasteiger partial charge in [-0.3, -0.25) is 0 Å². The summed E-state index contributed by atoms with van der Waals surface area (Å²) in [5.41, 5.74) is 3.28. The Hall–Kier alpha value is -0.780. The van der Waals surface area contributed by atoms with Crippen LogP contribution in [-0.2, 0) is 0 Å². The molecule has 2 atom stereocenters. The summed E-state index contributed by atoms with van der Waals surface area (Å²) in [5, 5.41) is 0. The quantitative estimate of drug-likeness (QED) is 0.399. The Kier molecular flexibility index (Phi) is 7.33. The summed E-state index contributed by atoms with van der Waals surface area (Å²) in [4.78, 5) is 0. The van der Waals surface area contributed by atoms with Gasteiger partial charge in [0.15, 0.2) is 0 Å². The van der Waals surface area contributed by atoms with E-state index < -0.39 is 0 Å². The number of hydrogen-bond acceptors (Lipinski definition) is 0. The third-order valence-corrected chi connectivity index (χ3v) is 5.26. The van der Waals surface area contributed by atoms with E-state index in [1.54, 1.807) is 11.1 Å². The second kappa shape index (κ2) is 9.28. The molecule has 1 aromatic carbocycles. The van der Waals surface area contributed by atoms with Gasteiger partial charge in [0.1, 0.15) is 0 Å². The third-order valence-electron chi connectivity index (χ3n) is 5.26. The van der Waals surface area contributed by atoms with E-state index in [9.17, 15) is 0 Å². The van der Waals surface area contributed by atoms with Crippen molar-refractivity contribution < 1.29 is 0 Å². The molecule has 2 rings (SSSR count). The summed E-state index contributed by atoms with van der Waals surface area (Å²) in [5.74, 6) is 1.63. The second-order valence-electron chi connectivity index (χ2n) is 7.08. The van der Waals surface area contributed by atoms with E-state index in [1.807, 2.05) is 0 Å². The molecule has 0 saturated heterocycles. The fourth-order valence-electron chi connectivity index (χ4n) is 3.99. The van der Waals surface area contributed by atoms with Crippen LogP contribution in [0.1, 0.15) is 107 Å². The first kappa shape index (κ1) is 16.6. The number of unbranched alkanes of at least 4 members (excludes halogenated alkanes) is 8. The van der Waals surface area contributed by atoms with E-state index in [0.29, 0.717) is 0 Å². The van der Waals surface area contributed by atoms with Crippen LogP contribution in [0.15, 0.2) is 24.3 Å². The van der Waals surface area contributed by atoms with Crippen LogP contribution in [0.2, 0.25) is 0 Å². The van der Waals surface area contributed by atoms with Gasteiger partial charge in [0.25, 0.3) is 0 Å². The van der Waals surface area contributed by atoms with Gasteiger partial charge in [-0.05, 0) is 35.8 Å². The van der Waals surface area contributed by atoms with Gasteiger partial charge in [0.05, 0.1) is 0 Å². The highest BCUT2D eigenvalue weighted by Crippen LogP contribution is 2.43. The molecule has 0 unspecified atom stereocenters. The lowest BCUT2D eigenvalue weighted by Crippen LogP contribution is -1.93. The number of fused-ring (bicyclic) bond motifs is 1. The average Bonchev–Trinajstić information content (AvgIpc) is 2.83. The molecule has 1 aromatic rings. The number of benzene rings is 1. The lowest BCUT2D eigenvalue weighted by molar-refractivity contribution is 0.512. The Morgan fingerprint density at radius 3 is 2.05 bits per heavy atom. The highest BCUT2D eigenvalue weighted by atomic mass is 14.3. The predicted octanol–water partition coefficient (Wildman–Crippen LogP) is 7.20. The number of rotatable bonds is 10. The summed E-state index contributed by atoms with van der Waals surface area (Å²) in [6, 6.07) is 9.14. The monoisotopic (exact) mass is 286 g/mol. The van der Waals surface area contributed by atoms with Crippen molar-refractivity contribution in [3.05, 3.63) is 35.4 Å². The van der Waals surface area contributed by atoms with Crippen molar-refractivity contribution in [3.63, 3.8) is 0 Å². The Balaban J connectivity index is 1.56. The molecule has 0 saturated carbocycles. The topological polar surface area (TPSA) is 0 Å². The van der Waals surface area contributed by atoms with Crippen LogP contribution in [0.25, 0.3) is 0 Å². The summed E-state index contributed by atoms with van der Waals surface area (Å²) < 4.78 is 0. The summed E-state index contributed by atoms with van der Waals surface area (Å²) in [6.45, 7) is 4.69. The van der Waals surface area contributed by atoms with E-state index in [4.69, 9.17) is 0 Å². The molecular weight excluding hydrogens is 252 g/mol. The molecule has 0 N–H and O–H groups in total. The molecule has 0 amide bonds. The largest absolute Gasteiger partial charge is 0.0654 e. The van der Waals surface area contributed by atoms with Crippen molar-refractivity contribution in [3.8, 4) is 0 Å². The van der Waals surface area contributed by atoms with Gasteiger partial charge in [-0.15, -0.1) is 0 Å². The maximum Gasteiger partial charge on any atom is -0.0153 e. The first-order valence-electron chi connectivity index (χ1n) is 9.41. The zero-order valence-corrected chi connectivity index (χ0v) is 14.2. The zero-order chi connectivity index (χ0) is 14.9. The van der Waals surface area contributed by atoms with Gasteiger partial charge in [-0.2, -0.15) is 0 Å². The van der Waals surface area contributed by atoms with Crippen LogP contribution in [0.3, 0.4) is 0 Å². The normalized spacial score (nSPS) is 20.7. The standard InChI is InChI=1S/C21H34/c1-3-4-5-6-7-8-9-10-11-14-19-17-18(2)20-15-12-13-16-21(19)20/h12-13,15-16,18-19H,3-11,14,17H2,1-2H3/t18-,19+/m0/s1. The summed E-state index contributed by atoms with van der Waals surface area (Å²) in [6.07, 6.45) is 15.8. The molecule has 0 radical (unpaired) electrons. The highest BCUT2D eigenvalue weighted by molar-refractivity contribution is 5.37. The SMILES string of the molecule is CCCCCCCCCCC[C@@H]1C[C@H](C)c2ccccc21. The second-order valence-corrected chi connectivity index (χ2v) is 7.08. The van der Waals surface area contributed by atoms with Gasteiger partial charge in [-0.25, -0.2) is 0 Å². The molecule has 1 aliphatic carbocycles. The lowest BCUT2D eigenvalue weighted by Gasteiger charge is -2.11. The van der Waals surface area contributed by atoms with Gasteiger partial charge in [-0.1, -0.05) is 95.9 Å². The van der Waals surface area contributed by atoms with E-state index in [2.05, 4.69) is 38.1 Å². The van der Waals surface area contributed by atoms with Crippen LogP contribution >= 0.6 is 0 Å². The Morgan fingerprint density at radius 1 is 0.810 bits per heavy atom. The molecule has 0 fully saturated rings. The fourth-order valence-corrected chi connectivity index (χ4v) is 3.99. The van der Waals surface area contributed by atoms with Crippen molar-refractivity contribution in [2.75, 3.05) is 0 Å². The Labute approximate surface area is 132 Å². The minimum absolute atomic E-state index is 0.782. The summed E-state index contributed by atoms with van der Waals surface area (Å²) >= 11 is 0. The predicted molar refractivity (Wildman–Crippen MR) is 94.1 cm³/mol. The van der Waals surface area contributed by atoms with E-state index in [0.717, 1.165) is 11.8 Å². The van der Waals surface area contributed by atoms with Crippen molar-refractivity contribution in [2.45, 2.75) is 96.3 Å². The maximum atomic E-state index is 2.40. The van der Waals surface area contributed by atoms with Gasteiger partial charge in [0.2, 0.25) is 0 Å². The summed E-state index contributed by atoms with van der Waals surface area (Å²) in [7, 11) is 0. The van der Waals surface area contributed by atoms with Crippen LogP contribution in [-0.4, -0.2) is 0 Å². The lowest BCUT2D eigenvalue weighted by atomic mass is 9.94. The maximum absolute atomic E-state index is 2.40. The van der Waals surface area contributed by atoms with Crippen molar-refractivity contribution >= 4 is 0 Å². The molecule has 21 heavy (non-hydrogen) atoms. The van der Waals surface area contributed by atoms with Crippen LogP contribution in [0.5, 0.6) is 0 Å². The smallest absolute Gasteiger partial charge is 0.0153 e. The molecule has 0 heteroatoms. The highest BCUT2D eigenvalue weighted by Gasteiger charge is 2.26. The van der Waals surface area contributed by atoms with E-state index in [-0.39, 0.29) is 0 Å². The van der Waals surface area contributed by atoms with Gasteiger partial charge in [0, 0.05) is 0 Å². The number of hydrogen-bond donors (Lipinski definition) is 0. The van der Waals surface area contributed by atoms with Gasteiger partial charge < -0.3 is 0 Å². The minimum Gasteiger partial charge on any atom is -0.0654 e. The van der Waals surface area contributed by atoms with E-state index in [1.165, 1.54) is 70.6 Å². The van der Waals surface area contributed by atoms with Crippen molar-refractivity contribution in [1.82, 2.24) is 0 Å². The van der Waals surface area contributed by atoms with Crippen LogP contribution in [0, 0.1) is 0 Å². The van der Waals surface area contributed by atoms with Gasteiger partial charge >= 0.3 is 0 Å².